The number of rotatable bonds is 7. The first kappa shape index (κ1) is 26.1. The maximum absolute atomic E-state index is 13.0. The summed E-state index contributed by atoms with van der Waals surface area (Å²) in [5.74, 6) is -0.565. The lowest BCUT2D eigenvalue weighted by molar-refractivity contribution is -0.137. The monoisotopic (exact) mass is 486 g/mol. The Bertz CT molecular complexity index is 974. The molecule has 2 rings (SSSR count). The van der Waals surface area contributed by atoms with E-state index in [9.17, 15) is 22.8 Å². The molecule has 2 aromatic rings. The molecular weight excluding hydrogens is 461 g/mol. The summed E-state index contributed by atoms with van der Waals surface area (Å²) in [6.07, 6.45) is -3.74. The van der Waals surface area contributed by atoms with E-state index in [-0.39, 0.29) is 22.0 Å². The van der Waals surface area contributed by atoms with Gasteiger partial charge < -0.3 is 10.6 Å². The Labute approximate surface area is 195 Å². The van der Waals surface area contributed by atoms with Crippen molar-refractivity contribution in [3.05, 3.63) is 53.1 Å². The molecule has 0 aliphatic heterocycles. The van der Waals surface area contributed by atoms with E-state index in [0.29, 0.717) is 18.5 Å². The molecule has 9 heteroatoms. The molecule has 2 N–H and O–H groups in total. The second kappa shape index (κ2) is 10.6. The number of nitrogens with one attached hydrogen (secondary N) is 2. The van der Waals surface area contributed by atoms with Crippen LogP contribution in [0.2, 0.25) is 5.02 Å². The molecule has 1 unspecified atom stereocenters. The fourth-order valence-corrected chi connectivity index (χ4v) is 4.01. The average molecular weight is 487 g/mol. The van der Waals surface area contributed by atoms with Crippen LogP contribution in [0.5, 0.6) is 0 Å². The zero-order valence-corrected chi connectivity index (χ0v) is 19.8. The Morgan fingerprint density at radius 3 is 2.34 bits per heavy atom. The van der Waals surface area contributed by atoms with Crippen molar-refractivity contribution < 1.29 is 22.8 Å². The minimum atomic E-state index is -4.54. The molecule has 0 aliphatic carbocycles. The number of amides is 2. The predicted molar refractivity (Wildman–Crippen MR) is 124 cm³/mol. The smallest absolute Gasteiger partial charge is 0.326 e. The highest BCUT2D eigenvalue weighted by Gasteiger charge is 2.31. The van der Waals surface area contributed by atoms with E-state index in [1.54, 1.807) is 31.2 Å². The molecule has 0 bridgehead atoms. The molecule has 0 heterocycles. The highest BCUT2D eigenvalue weighted by atomic mass is 35.5. The number of thioether (sulfide) groups is 1. The average Bonchev–Trinajstić information content (AvgIpc) is 2.65. The standard InChI is InChI=1S/C23H26ClF3N2O2S/c1-5-19(21(31)29-18-11-14(23(25,26)27)9-10-17(18)24)32-16-8-6-7-15(12-16)28-20(30)13-22(2,3)4/h6-12,19H,5,13H2,1-4H3,(H,28,30)(H,29,31). The summed E-state index contributed by atoms with van der Waals surface area (Å²) in [6, 6.07) is 9.89. The number of halogens is 4. The van der Waals surface area contributed by atoms with E-state index in [0.717, 1.165) is 23.1 Å². The van der Waals surface area contributed by atoms with E-state index in [4.69, 9.17) is 11.6 Å². The molecule has 0 spiro atoms. The Balaban J connectivity index is 2.10. The van der Waals surface area contributed by atoms with Crippen LogP contribution in [-0.4, -0.2) is 17.1 Å². The van der Waals surface area contributed by atoms with Crippen molar-refractivity contribution in [2.75, 3.05) is 10.6 Å². The third kappa shape index (κ3) is 8.06. The van der Waals surface area contributed by atoms with Crippen molar-refractivity contribution in [2.45, 2.75) is 56.9 Å². The zero-order chi connectivity index (χ0) is 24.1. The summed E-state index contributed by atoms with van der Waals surface area (Å²) in [6.45, 7) is 7.72. The third-order valence-corrected chi connectivity index (χ3v) is 5.99. The lowest BCUT2D eigenvalue weighted by Crippen LogP contribution is -2.25. The second-order valence-electron chi connectivity index (χ2n) is 8.51. The number of hydrogen-bond acceptors (Lipinski definition) is 3. The largest absolute Gasteiger partial charge is 0.416 e. The summed E-state index contributed by atoms with van der Waals surface area (Å²) in [5, 5.41) is 4.81. The molecule has 1 atom stereocenters. The van der Waals surface area contributed by atoms with Gasteiger partial charge >= 0.3 is 6.18 Å². The summed E-state index contributed by atoms with van der Waals surface area (Å²) in [5.41, 5.74) is -0.516. The van der Waals surface area contributed by atoms with Gasteiger partial charge in [0.25, 0.3) is 0 Å². The van der Waals surface area contributed by atoms with Gasteiger partial charge in [0.15, 0.2) is 0 Å². The topological polar surface area (TPSA) is 58.2 Å². The van der Waals surface area contributed by atoms with Crippen LogP contribution >= 0.6 is 23.4 Å². The summed E-state index contributed by atoms with van der Waals surface area (Å²) in [4.78, 5) is 25.7. The second-order valence-corrected chi connectivity index (χ2v) is 10.2. The molecule has 0 saturated carbocycles. The van der Waals surface area contributed by atoms with Crippen LogP contribution in [0.15, 0.2) is 47.4 Å². The highest BCUT2D eigenvalue weighted by Crippen LogP contribution is 2.35. The van der Waals surface area contributed by atoms with E-state index in [1.165, 1.54) is 11.8 Å². The minimum absolute atomic E-state index is 0.0229. The summed E-state index contributed by atoms with van der Waals surface area (Å²) in [7, 11) is 0. The Morgan fingerprint density at radius 2 is 1.75 bits per heavy atom. The molecule has 2 aromatic carbocycles. The summed E-state index contributed by atoms with van der Waals surface area (Å²) < 4.78 is 38.9. The van der Waals surface area contributed by atoms with Crippen LogP contribution in [0, 0.1) is 5.41 Å². The van der Waals surface area contributed by atoms with Crippen molar-refractivity contribution in [3.63, 3.8) is 0 Å². The normalized spacial score (nSPS) is 12.9. The van der Waals surface area contributed by atoms with Crippen molar-refractivity contribution in [1.82, 2.24) is 0 Å². The predicted octanol–water partition coefficient (Wildman–Crippen LogP) is 7.24. The first-order valence-electron chi connectivity index (χ1n) is 10.0. The summed E-state index contributed by atoms with van der Waals surface area (Å²) >= 11 is 7.24. The number of carbonyl (C=O) groups is 2. The zero-order valence-electron chi connectivity index (χ0n) is 18.3. The Morgan fingerprint density at radius 1 is 1.06 bits per heavy atom. The molecular formula is C23H26ClF3N2O2S. The van der Waals surface area contributed by atoms with Crippen molar-refractivity contribution >= 4 is 46.6 Å². The number of anilines is 2. The van der Waals surface area contributed by atoms with Gasteiger partial charge in [0.05, 0.1) is 21.5 Å². The SMILES string of the molecule is CCC(Sc1cccc(NC(=O)CC(C)(C)C)c1)C(=O)Nc1cc(C(F)(F)F)ccc1Cl. The van der Waals surface area contributed by atoms with Crippen LogP contribution in [0.4, 0.5) is 24.5 Å². The number of carbonyl (C=O) groups excluding carboxylic acids is 2. The van der Waals surface area contributed by atoms with E-state index < -0.39 is 22.9 Å². The molecule has 0 radical (unpaired) electrons. The Hall–Kier alpha value is -2.19. The van der Waals surface area contributed by atoms with Gasteiger partial charge in [-0.25, -0.2) is 0 Å². The quantitative estimate of drug-likeness (QED) is 0.405. The van der Waals surface area contributed by atoms with Crippen LogP contribution in [0.25, 0.3) is 0 Å². The van der Waals surface area contributed by atoms with Crippen LogP contribution in [0.1, 0.15) is 46.1 Å². The number of benzene rings is 2. The van der Waals surface area contributed by atoms with Gasteiger partial charge in [-0.1, -0.05) is 45.4 Å². The Kier molecular flexibility index (Phi) is 8.65. The van der Waals surface area contributed by atoms with Crippen molar-refractivity contribution in [3.8, 4) is 0 Å². The van der Waals surface area contributed by atoms with E-state index in [2.05, 4.69) is 10.6 Å². The van der Waals surface area contributed by atoms with E-state index in [1.807, 2.05) is 20.8 Å². The molecule has 0 aromatic heterocycles. The van der Waals surface area contributed by atoms with E-state index >= 15 is 0 Å². The maximum atomic E-state index is 13.0. The van der Waals surface area contributed by atoms with Gasteiger partial charge in [-0.3, -0.25) is 9.59 Å². The molecule has 4 nitrogen and oxygen atoms in total. The van der Waals surface area contributed by atoms with Crippen LogP contribution < -0.4 is 10.6 Å². The highest BCUT2D eigenvalue weighted by molar-refractivity contribution is 8.00. The van der Waals surface area contributed by atoms with Gasteiger partial charge in [-0.2, -0.15) is 13.2 Å². The lowest BCUT2D eigenvalue weighted by atomic mass is 9.92. The molecule has 32 heavy (non-hydrogen) atoms. The number of alkyl halides is 3. The van der Waals surface area contributed by atoms with Gasteiger partial charge in [-0.15, -0.1) is 11.8 Å². The van der Waals surface area contributed by atoms with Crippen molar-refractivity contribution in [1.29, 1.82) is 0 Å². The lowest BCUT2D eigenvalue weighted by Gasteiger charge is -2.18. The molecule has 0 saturated heterocycles. The minimum Gasteiger partial charge on any atom is -0.326 e. The first-order valence-corrected chi connectivity index (χ1v) is 11.3. The van der Waals surface area contributed by atoms with Crippen LogP contribution in [0.3, 0.4) is 0 Å². The van der Waals surface area contributed by atoms with Gasteiger partial charge in [-0.05, 0) is 48.2 Å². The molecule has 2 amide bonds. The van der Waals surface area contributed by atoms with Gasteiger partial charge in [0.2, 0.25) is 11.8 Å². The first-order chi connectivity index (χ1) is 14.8. The van der Waals surface area contributed by atoms with Gasteiger partial charge in [0.1, 0.15) is 0 Å². The fourth-order valence-electron chi connectivity index (χ4n) is 2.83. The molecule has 0 aliphatic rings. The van der Waals surface area contributed by atoms with Crippen LogP contribution in [-0.2, 0) is 15.8 Å². The molecule has 174 valence electrons. The third-order valence-electron chi connectivity index (χ3n) is 4.30. The van der Waals surface area contributed by atoms with Gasteiger partial charge in [0, 0.05) is 17.0 Å². The number of hydrogen-bond donors (Lipinski definition) is 2. The fraction of sp³-hybridized carbons (Fsp3) is 0.391. The maximum Gasteiger partial charge on any atom is 0.416 e. The molecule has 0 fully saturated rings. The van der Waals surface area contributed by atoms with Crippen molar-refractivity contribution in [2.24, 2.45) is 5.41 Å².